The number of carbonyl (C=O) groups excluding carboxylic acids is 3. The van der Waals surface area contributed by atoms with E-state index >= 15 is 0 Å². The largest absolute Gasteiger partial charge is 0.459 e. The van der Waals surface area contributed by atoms with Crippen LogP contribution in [0.2, 0.25) is 0 Å². The van der Waals surface area contributed by atoms with Gasteiger partial charge >= 0.3 is 12.1 Å². The van der Waals surface area contributed by atoms with Gasteiger partial charge in [0.2, 0.25) is 0 Å². The summed E-state index contributed by atoms with van der Waals surface area (Å²) in [4.78, 5) is 35.4. The van der Waals surface area contributed by atoms with Gasteiger partial charge in [-0.25, -0.2) is 10.6 Å². The molecule has 0 aliphatic carbocycles. The van der Waals surface area contributed by atoms with Crippen LogP contribution in [0.3, 0.4) is 0 Å². The zero-order chi connectivity index (χ0) is 36.0. The third-order valence-corrected chi connectivity index (χ3v) is 6.22. The van der Waals surface area contributed by atoms with E-state index < -0.39 is 5.60 Å². The molecule has 0 aliphatic heterocycles. The first kappa shape index (κ1) is 42.8. The Morgan fingerprint density at radius 1 is 0.745 bits per heavy atom. The van der Waals surface area contributed by atoms with Gasteiger partial charge in [0.05, 0.1) is 0 Å². The number of hydrogen-bond acceptors (Lipinski definition) is 8. The molecule has 0 radical (unpaired) electrons. The maximum atomic E-state index is 11.7. The van der Waals surface area contributed by atoms with Crippen LogP contribution in [0, 0.1) is 0 Å². The molecule has 0 atom stereocenters. The zero-order valence-electron chi connectivity index (χ0n) is 29.0. The SMILES string of the molecule is CCNC(=O)OC(C)(C)C.CN(CC(=O)OC(C)(C)C)C(=S)c1ccccc1.CN(N)C(=S)c1ccccc1.O=Cc1ccccc1. The van der Waals surface area contributed by atoms with Crippen LogP contribution >= 0.6 is 24.4 Å². The van der Waals surface area contributed by atoms with E-state index in [-0.39, 0.29) is 24.2 Å². The van der Waals surface area contributed by atoms with Gasteiger partial charge in [-0.05, 0) is 48.5 Å². The highest BCUT2D eigenvalue weighted by Crippen LogP contribution is 2.09. The molecule has 0 saturated heterocycles. The Bertz CT molecular complexity index is 1360. The first-order valence-corrected chi connectivity index (χ1v) is 15.8. The second kappa shape index (κ2) is 22.4. The molecule has 0 spiro atoms. The lowest BCUT2D eigenvalue weighted by Gasteiger charge is -2.23. The van der Waals surface area contributed by atoms with E-state index in [4.69, 9.17) is 39.8 Å². The van der Waals surface area contributed by atoms with Crippen LogP contribution in [-0.4, -0.2) is 76.6 Å². The number of benzene rings is 3. The van der Waals surface area contributed by atoms with Gasteiger partial charge < -0.3 is 24.7 Å². The first-order chi connectivity index (χ1) is 21.9. The van der Waals surface area contributed by atoms with Gasteiger partial charge in [-0.15, -0.1) is 0 Å². The maximum absolute atomic E-state index is 11.7. The zero-order valence-corrected chi connectivity index (χ0v) is 30.6. The van der Waals surface area contributed by atoms with Crippen molar-refractivity contribution in [3.05, 3.63) is 108 Å². The van der Waals surface area contributed by atoms with Crippen molar-refractivity contribution in [2.45, 2.75) is 59.7 Å². The number of likely N-dealkylation sites (N-methyl/N-ethyl adjacent to an activating group) is 1. The fourth-order valence-corrected chi connectivity index (χ4v) is 3.55. The lowest BCUT2D eigenvalue weighted by molar-refractivity contribution is -0.154. The Labute approximate surface area is 291 Å². The number of carbonyl (C=O) groups is 3. The molecule has 3 N–H and O–H groups in total. The summed E-state index contributed by atoms with van der Waals surface area (Å²) < 4.78 is 10.2. The Kier molecular flexibility index (Phi) is 20.4. The number of hydrogen-bond donors (Lipinski definition) is 2. The summed E-state index contributed by atoms with van der Waals surface area (Å²) in [6.07, 6.45) is 0.481. The average Bonchev–Trinajstić information content (AvgIpc) is 3.00. The molecule has 0 bridgehead atoms. The van der Waals surface area contributed by atoms with Gasteiger partial charge in [0.15, 0.2) is 0 Å². The van der Waals surface area contributed by atoms with Crippen LogP contribution < -0.4 is 11.2 Å². The third kappa shape index (κ3) is 22.1. The van der Waals surface area contributed by atoms with E-state index in [1.165, 1.54) is 5.01 Å². The van der Waals surface area contributed by atoms with Crippen molar-refractivity contribution in [1.82, 2.24) is 15.2 Å². The minimum atomic E-state index is -0.466. The Morgan fingerprint density at radius 2 is 1.15 bits per heavy atom. The van der Waals surface area contributed by atoms with Crippen molar-refractivity contribution >= 4 is 52.8 Å². The highest BCUT2D eigenvalue weighted by atomic mass is 32.1. The predicted molar refractivity (Wildman–Crippen MR) is 198 cm³/mol. The van der Waals surface area contributed by atoms with Crippen LogP contribution in [0.1, 0.15) is 70.0 Å². The van der Waals surface area contributed by atoms with E-state index in [0.717, 1.165) is 23.0 Å². The molecule has 256 valence electrons. The summed E-state index contributed by atoms with van der Waals surface area (Å²) in [6.45, 7) is 13.7. The van der Waals surface area contributed by atoms with Crippen LogP contribution in [0.5, 0.6) is 0 Å². The number of nitrogens with one attached hydrogen (secondary N) is 1. The van der Waals surface area contributed by atoms with E-state index in [2.05, 4.69) is 5.32 Å². The molecule has 0 aliphatic rings. The van der Waals surface area contributed by atoms with Gasteiger partial charge in [-0.1, -0.05) is 115 Å². The molecule has 0 saturated carbocycles. The molecule has 1 amide bonds. The van der Waals surface area contributed by atoms with Crippen molar-refractivity contribution in [1.29, 1.82) is 0 Å². The normalized spacial score (nSPS) is 10.1. The van der Waals surface area contributed by atoms with E-state index in [1.54, 1.807) is 31.1 Å². The predicted octanol–water partition coefficient (Wildman–Crippen LogP) is 6.83. The topological polar surface area (TPSA) is 114 Å². The van der Waals surface area contributed by atoms with Crippen LogP contribution in [0.15, 0.2) is 91.0 Å². The molecular formula is C36H50N4O5S2. The summed E-state index contributed by atoms with van der Waals surface area (Å²) in [5, 5.41) is 3.98. The van der Waals surface area contributed by atoms with Crippen molar-refractivity contribution in [3.8, 4) is 0 Å². The lowest BCUT2D eigenvalue weighted by Crippen LogP contribution is -2.35. The average molecular weight is 683 g/mol. The summed E-state index contributed by atoms with van der Waals surface area (Å²) >= 11 is 10.4. The number of aldehydes is 1. The number of esters is 1. The molecule has 0 fully saturated rings. The van der Waals surface area contributed by atoms with Gasteiger partial charge in [0, 0.05) is 37.3 Å². The molecule has 0 heterocycles. The minimum Gasteiger partial charge on any atom is -0.459 e. The number of nitrogens with two attached hydrogens (primary N) is 1. The Balaban J connectivity index is 0.000000632. The van der Waals surface area contributed by atoms with Gasteiger partial charge in [-0.3, -0.25) is 9.59 Å². The molecule has 3 aromatic rings. The smallest absolute Gasteiger partial charge is 0.407 e. The number of hydrazine groups is 1. The van der Waals surface area contributed by atoms with E-state index in [1.807, 2.05) is 127 Å². The first-order valence-electron chi connectivity index (χ1n) is 15.0. The number of alkyl carbamates (subject to hydrolysis) is 1. The van der Waals surface area contributed by atoms with E-state index in [0.29, 0.717) is 16.5 Å². The standard InChI is InChI=1S/C14H19NO2S.C8H10N2S.C7H15NO2.C7H6O/c1-14(2,3)17-12(16)10-15(4)13(18)11-8-6-5-7-9-11;1-10(9)8(11)7-5-3-2-4-6-7;1-5-8-6(9)10-7(2,3)4;8-6-7-4-2-1-3-5-7/h5-9H,10H2,1-4H3;2-6H,9H2,1H3;5H2,1-4H3,(H,8,9);1-6H. The highest BCUT2D eigenvalue weighted by molar-refractivity contribution is 7.80. The van der Waals surface area contributed by atoms with Crippen molar-refractivity contribution in [3.63, 3.8) is 0 Å². The van der Waals surface area contributed by atoms with Crippen molar-refractivity contribution in [2.24, 2.45) is 5.84 Å². The second-order valence-corrected chi connectivity index (χ2v) is 12.7. The molecule has 3 aromatic carbocycles. The second-order valence-electron chi connectivity index (χ2n) is 12.0. The molecule has 0 unspecified atom stereocenters. The number of thiocarbonyl (C=S) groups is 2. The molecule has 47 heavy (non-hydrogen) atoms. The summed E-state index contributed by atoms with van der Waals surface area (Å²) in [5.74, 6) is 5.19. The summed E-state index contributed by atoms with van der Waals surface area (Å²) in [5.41, 5.74) is 1.78. The van der Waals surface area contributed by atoms with Crippen molar-refractivity contribution < 1.29 is 23.9 Å². The quantitative estimate of drug-likeness (QED) is 0.0943. The highest BCUT2D eigenvalue weighted by Gasteiger charge is 2.19. The van der Waals surface area contributed by atoms with E-state index in [9.17, 15) is 14.4 Å². The summed E-state index contributed by atoms with van der Waals surface area (Å²) in [7, 11) is 3.52. The van der Waals surface area contributed by atoms with Crippen LogP contribution in [0.25, 0.3) is 0 Å². The van der Waals surface area contributed by atoms with Gasteiger partial charge in [-0.2, -0.15) is 0 Å². The monoisotopic (exact) mass is 682 g/mol. The van der Waals surface area contributed by atoms with Gasteiger partial charge in [0.1, 0.15) is 34.0 Å². The number of amides is 1. The molecular weight excluding hydrogens is 633 g/mol. The maximum Gasteiger partial charge on any atom is 0.407 e. The summed E-state index contributed by atoms with van der Waals surface area (Å²) in [6, 6.07) is 28.4. The minimum absolute atomic E-state index is 0.158. The molecule has 11 heteroatoms. The molecule has 9 nitrogen and oxygen atoms in total. The Hall–Kier alpha value is -4.19. The molecule has 0 aromatic heterocycles. The Morgan fingerprint density at radius 3 is 1.49 bits per heavy atom. The van der Waals surface area contributed by atoms with Crippen LogP contribution in [-0.2, 0) is 14.3 Å². The fraction of sp³-hybridized carbons (Fsp3) is 0.361. The number of nitrogens with zero attached hydrogens (tertiary/aromatic N) is 2. The van der Waals surface area contributed by atoms with Gasteiger partial charge in [0.25, 0.3) is 0 Å². The van der Waals surface area contributed by atoms with Crippen molar-refractivity contribution in [2.75, 3.05) is 27.2 Å². The number of ether oxygens (including phenoxy) is 2. The molecule has 3 rings (SSSR count). The number of rotatable bonds is 6. The third-order valence-electron chi connectivity index (χ3n) is 5.15. The lowest BCUT2D eigenvalue weighted by atomic mass is 10.2. The fourth-order valence-electron chi connectivity index (χ4n) is 3.21. The van der Waals surface area contributed by atoms with Crippen LogP contribution in [0.4, 0.5) is 4.79 Å².